The Kier molecular flexibility index (Phi) is 4.14. The van der Waals surface area contributed by atoms with Crippen LogP contribution in [0.3, 0.4) is 0 Å². The second kappa shape index (κ2) is 5.65. The number of halogens is 2. The van der Waals surface area contributed by atoms with E-state index in [1.54, 1.807) is 6.33 Å². The number of rotatable bonds is 5. The minimum absolute atomic E-state index is 0.133. The smallest absolute Gasteiger partial charge is 0.161 e. The van der Waals surface area contributed by atoms with E-state index in [-0.39, 0.29) is 6.04 Å². The van der Waals surface area contributed by atoms with Crippen LogP contribution in [0.2, 0.25) is 0 Å². The van der Waals surface area contributed by atoms with Gasteiger partial charge in [-0.2, -0.15) is 0 Å². The van der Waals surface area contributed by atoms with Crippen LogP contribution >= 0.6 is 0 Å². The summed E-state index contributed by atoms with van der Waals surface area (Å²) in [7, 11) is 0. The summed E-state index contributed by atoms with van der Waals surface area (Å²) in [5.41, 5.74) is 1.10. The molecule has 3 nitrogen and oxygen atoms in total. The number of nitrogens with zero attached hydrogens (tertiary/aromatic N) is 2. The molecule has 0 radical (unpaired) electrons. The molecule has 0 bridgehead atoms. The molecule has 1 aromatic carbocycles. The van der Waals surface area contributed by atoms with Gasteiger partial charge < -0.3 is 9.88 Å². The molecule has 2 rings (SSSR count). The summed E-state index contributed by atoms with van der Waals surface area (Å²) in [4.78, 5) is 4.11. The molecule has 0 fully saturated rings. The molecular weight excluding hydrogens is 248 g/mol. The Balaban J connectivity index is 2.18. The van der Waals surface area contributed by atoms with Crippen molar-refractivity contribution in [2.75, 3.05) is 13.1 Å². The fourth-order valence-corrected chi connectivity index (χ4v) is 2.05. The summed E-state index contributed by atoms with van der Waals surface area (Å²) in [6, 6.07) is 2.47. The van der Waals surface area contributed by atoms with Gasteiger partial charge in [0.25, 0.3) is 0 Å². The van der Waals surface area contributed by atoms with Crippen molar-refractivity contribution in [2.24, 2.45) is 5.92 Å². The number of benzene rings is 1. The lowest BCUT2D eigenvalue weighted by Crippen LogP contribution is -2.26. The molecule has 0 spiro atoms. The summed E-state index contributed by atoms with van der Waals surface area (Å²) >= 11 is 0. The molecule has 1 atom stereocenters. The van der Waals surface area contributed by atoms with E-state index in [4.69, 9.17) is 0 Å². The second-order valence-corrected chi connectivity index (χ2v) is 5.31. The highest BCUT2D eigenvalue weighted by Gasteiger charge is 2.12. The molecule has 1 N–H and O–H groups in total. The molecule has 1 unspecified atom stereocenters. The maximum atomic E-state index is 13.3. The average Bonchev–Trinajstić information content (AvgIpc) is 2.72. The second-order valence-electron chi connectivity index (χ2n) is 5.31. The van der Waals surface area contributed by atoms with E-state index in [2.05, 4.69) is 24.1 Å². The zero-order valence-electron chi connectivity index (χ0n) is 11.5. The van der Waals surface area contributed by atoms with Gasteiger partial charge in [0.2, 0.25) is 0 Å². The minimum Gasteiger partial charge on any atom is -0.326 e. The maximum Gasteiger partial charge on any atom is 0.161 e. The molecule has 0 saturated carbocycles. The molecular formula is C14H19F2N3. The van der Waals surface area contributed by atoms with Gasteiger partial charge >= 0.3 is 0 Å². The van der Waals surface area contributed by atoms with E-state index in [1.807, 2.05) is 11.5 Å². The standard InChI is InChI=1S/C14H19F2N3/c1-9(2)6-17-7-10(3)19-8-18-13-4-11(15)12(16)5-14(13)19/h4-5,8-10,17H,6-7H2,1-3H3. The lowest BCUT2D eigenvalue weighted by atomic mass is 10.2. The van der Waals surface area contributed by atoms with Crippen molar-refractivity contribution in [2.45, 2.75) is 26.8 Å². The fourth-order valence-electron chi connectivity index (χ4n) is 2.05. The van der Waals surface area contributed by atoms with Crippen molar-refractivity contribution in [1.82, 2.24) is 14.9 Å². The van der Waals surface area contributed by atoms with Crippen LogP contribution in [0.25, 0.3) is 11.0 Å². The largest absolute Gasteiger partial charge is 0.326 e. The SMILES string of the molecule is CC(C)CNCC(C)n1cnc2cc(F)c(F)cc21. The van der Waals surface area contributed by atoms with Gasteiger partial charge in [0.05, 0.1) is 17.4 Å². The highest BCUT2D eigenvalue weighted by atomic mass is 19.2. The van der Waals surface area contributed by atoms with Crippen LogP contribution in [0.1, 0.15) is 26.8 Å². The van der Waals surface area contributed by atoms with Crippen LogP contribution in [0, 0.1) is 17.6 Å². The van der Waals surface area contributed by atoms with Crippen LogP contribution in [-0.2, 0) is 0 Å². The lowest BCUT2D eigenvalue weighted by Gasteiger charge is -2.16. The number of hydrogen-bond acceptors (Lipinski definition) is 2. The Morgan fingerprint density at radius 3 is 2.53 bits per heavy atom. The quantitative estimate of drug-likeness (QED) is 0.902. The Bertz CT molecular complexity index is 563. The van der Waals surface area contributed by atoms with Gasteiger partial charge in [-0.25, -0.2) is 13.8 Å². The Labute approximate surface area is 111 Å². The van der Waals surface area contributed by atoms with Gasteiger partial charge in [-0.3, -0.25) is 0 Å². The summed E-state index contributed by atoms with van der Waals surface area (Å²) in [6.07, 6.45) is 1.63. The monoisotopic (exact) mass is 267 g/mol. The van der Waals surface area contributed by atoms with Crippen LogP contribution in [0.5, 0.6) is 0 Å². The number of hydrogen-bond donors (Lipinski definition) is 1. The van der Waals surface area contributed by atoms with Gasteiger partial charge in [0.1, 0.15) is 0 Å². The van der Waals surface area contributed by atoms with E-state index in [9.17, 15) is 8.78 Å². The van der Waals surface area contributed by atoms with Gasteiger partial charge in [0, 0.05) is 24.7 Å². The molecule has 0 aliphatic rings. The van der Waals surface area contributed by atoms with Crippen LogP contribution in [-0.4, -0.2) is 22.6 Å². The molecule has 104 valence electrons. The molecule has 0 saturated heterocycles. The first kappa shape index (κ1) is 13.9. The molecule has 1 heterocycles. The summed E-state index contributed by atoms with van der Waals surface area (Å²) in [6.45, 7) is 8.00. The topological polar surface area (TPSA) is 29.9 Å². The summed E-state index contributed by atoms with van der Waals surface area (Å²) in [5.74, 6) is -1.11. The van der Waals surface area contributed by atoms with Crippen LogP contribution in [0.15, 0.2) is 18.5 Å². The van der Waals surface area contributed by atoms with Gasteiger partial charge in [-0.1, -0.05) is 13.8 Å². The molecule has 2 aromatic rings. The first-order chi connectivity index (χ1) is 8.99. The van der Waals surface area contributed by atoms with Gasteiger partial charge in [-0.05, 0) is 19.4 Å². The zero-order chi connectivity index (χ0) is 14.0. The third kappa shape index (κ3) is 3.10. The Morgan fingerprint density at radius 2 is 1.84 bits per heavy atom. The number of imidazole rings is 1. The number of fused-ring (bicyclic) bond motifs is 1. The molecule has 0 amide bonds. The summed E-state index contributed by atoms with van der Waals surface area (Å²) < 4.78 is 28.3. The zero-order valence-corrected chi connectivity index (χ0v) is 11.5. The predicted octanol–water partition coefficient (Wildman–Crippen LogP) is 3.12. The maximum absolute atomic E-state index is 13.3. The van der Waals surface area contributed by atoms with Crippen LogP contribution < -0.4 is 5.32 Å². The normalized spacial score (nSPS) is 13.4. The molecule has 0 aliphatic carbocycles. The Morgan fingerprint density at radius 1 is 1.16 bits per heavy atom. The first-order valence-corrected chi connectivity index (χ1v) is 6.51. The van der Waals surface area contributed by atoms with Crippen molar-refractivity contribution in [3.05, 3.63) is 30.1 Å². The molecule has 1 aromatic heterocycles. The third-order valence-electron chi connectivity index (χ3n) is 3.08. The van der Waals surface area contributed by atoms with E-state index >= 15 is 0 Å². The van der Waals surface area contributed by atoms with Gasteiger partial charge in [-0.15, -0.1) is 0 Å². The van der Waals surface area contributed by atoms with E-state index in [0.29, 0.717) is 17.0 Å². The lowest BCUT2D eigenvalue weighted by molar-refractivity contribution is 0.469. The third-order valence-corrected chi connectivity index (χ3v) is 3.08. The molecule has 19 heavy (non-hydrogen) atoms. The highest BCUT2D eigenvalue weighted by molar-refractivity contribution is 5.75. The van der Waals surface area contributed by atoms with E-state index in [0.717, 1.165) is 19.2 Å². The van der Waals surface area contributed by atoms with E-state index < -0.39 is 11.6 Å². The van der Waals surface area contributed by atoms with Crippen LogP contribution in [0.4, 0.5) is 8.78 Å². The number of nitrogens with one attached hydrogen (secondary N) is 1. The predicted molar refractivity (Wildman–Crippen MR) is 72.1 cm³/mol. The van der Waals surface area contributed by atoms with Crippen molar-refractivity contribution in [1.29, 1.82) is 0 Å². The first-order valence-electron chi connectivity index (χ1n) is 6.51. The number of aromatic nitrogens is 2. The van der Waals surface area contributed by atoms with Crippen molar-refractivity contribution in [3.63, 3.8) is 0 Å². The summed E-state index contributed by atoms with van der Waals surface area (Å²) in [5, 5.41) is 3.35. The molecule has 5 heteroatoms. The van der Waals surface area contributed by atoms with E-state index in [1.165, 1.54) is 6.07 Å². The fraction of sp³-hybridized carbons (Fsp3) is 0.500. The van der Waals surface area contributed by atoms with Crippen molar-refractivity contribution < 1.29 is 8.78 Å². The molecule has 0 aliphatic heterocycles. The van der Waals surface area contributed by atoms with Crippen molar-refractivity contribution >= 4 is 11.0 Å². The van der Waals surface area contributed by atoms with Gasteiger partial charge in [0.15, 0.2) is 11.6 Å². The van der Waals surface area contributed by atoms with Crippen molar-refractivity contribution in [3.8, 4) is 0 Å². The highest BCUT2D eigenvalue weighted by Crippen LogP contribution is 2.20. The minimum atomic E-state index is -0.858. The Hall–Kier alpha value is -1.49. The average molecular weight is 267 g/mol.